The summed E-state index contributed by atoms with van der Waals surface area (Å²) in [6.07, 6.45) is -0.250. The number of anilines is 1. The normalized spacial score (nSPS) is 10.9. The van der Waals surface area contributed by atoms with Gasteiger partial charge in [0, 0.05) is 5.69 Å². The standard InChI is InChI=1S/C10H12N2O4S/c1-7(13)5-10(14)12-8-3-2-4-9(6-8)17(11,15)16/h2-4,6H,5H2,1H3,(H,12,14)(H2,11,15,16). The van der Waals surface area contributed by atoms with Crippen LogP contribution in [0.4, 0.5) is 5.69 Å². The molecule has 0 aromatic heterocycles. The number of nitrogens with two attached hydrogens (primary N) is 1. The van der Waals surface area contributed by atoms with E-state index in [1.54, 1.807) is 0 Å². The number of benzene rings is 1. The Balaban J connectivity index is 2.87. The quantitative estimate of drug-likeness (QED) is 0.753. The third kappa shape index (κ3) is 4.33. The van der Waals surface area contributed by atoms with E-state index < -0.39 is 15.9 Å². The van der Waals surface area contributed by atoms with Gasteiger partial charge in [-0.25, -0.2) is 13.6 Å². The molecule has 92 valence electrons. The number of carbonyl (C=O) groups excluding carboxylic acids is 2. The molecule has 0 radical (unpaired) electrons. The van der Waals surface area contributed by atoms with Crippen LogP contribution in [0.2, 0.25) is 0 Å². The molecule has 0 spiro atoms. The molecule has 1 amide bonds. The first-order valence-electron chi connectivity index (χ1n) is 4.71. The maximum absolute atomic E-state index is 11.3. The van der Waals surface area contributed by atoms with Crippen molar-refractivity contribution in [1.82, 2.24) is 0 Å². The van der Waals surface area contributed by atoms with Gasteiger partial charge in [-0.2, -0.15) is 0 Å². The number of amides is 1. The second-order valence-electron chi connectivity index (χ2n) is 3.50. The summed E-state index contributed by atoms with van der Waals surface area (Å²) >= 11 is 0. The summed E-state index contributed by atoms with van der Waals surface area (Å²) in [5, 5.41) is 7.35. The number of ketones is 1. The zero-order valence-electron chi connectivity index (χ0n) is 9.14. The van der Waals surface area contributed by atoms with E-state index in [4.69, 9.17) is 5.14 Å². The Hall–Kier alpha value is -1.73. The molecule has 0 fully saturated rings. The Kier molecular flexibility index (Phi) is 3.97. The second kappa shape index (κ2) is 5.07. The van der Waals surface area contributed by atoms with Gasteiger partial charge < -0.3 is 5.32 Å². The molecule has 0 atom stereocenters. The fourth-order valence-electron chi connectivity index (χ4n) is 1.18. The lowest BCUT2D eigenvalue weighted by Crippen LogP contribution is -2.16. The molecule has 17 heavy (non-hydrogen) atoms. The lowest BCUT2D eigenvalue weighted by Gasteiger charge is -2.05. The molecule has 7 heteroatoms. The molecule has 0 unspecified atom stereocenters. The molecule has 0 heterocycles. The molecule has 1 rings (SSSR count). The predicted octanol–water partition coefficient (Wildman–Crippen LogP) is 0.252. The summed E-state index contributed by atoms with van der Waals surface area (Å²) < 4.78 is 22.1. The van der Waals surface area contributed by atoms with Crippen LogP contribution in [0.25, 0.3) is 0 Å². The van der Waals surface area contributed by atoms with Crippen molar-refractivity contribution in [3.05, 3.63) is 24.3 Å². The maximum Gasteiger partial charge on any atom is 0.238 e. The average Bonchev–Trinajstić information content (AvgIpc) is 2.15. The number of sulfonamides is 1. The third-order valence-electron chi connectivity index (χ3n) is 1.86. The number of rotatable bonds is 4. The molecular weight excluding hydrogens is 244 g/mol. The maximum atomic E-state index is 11.3. The first-order chi connectivity index (χ1) is 7.79. The third-order valence-corrected chi connectivity index (χ3v) is 2.77. The zero-order chi connectivity index (χ0) is 13.1. The highest BCUT2D eigenvalue weighted by Crippen LogP contribution is 2.14. The van der Waals surface area contributed by atoms with E-state index in [0.717, 1.165) is 0 Å². The van der Waals surface area contributed by atoms with Crippen LogP contribution in [0.5, 0.6) is 0 Å². The van der Waals surface area contributed by atoms with Gasteiger partial charge in [0.05, 0.1) is 11.3 Å². The highest BCUT2D eigenvalue weighted by atomic mass is 32.2. The van der Waals surface area contributed by atoms with Crippen LogP contribution in [0, 0.1) is 0 Å². The van der Waals surface area contributed by atoms with Gasteiger partial charge in [-0.3, -0.25) is 9.59 Å². The van der Waals surface area contributed by atoms with Crippen molar-refractivity contribution in [3.8, 4) is 0 Å². The van der Waals surface area contributed by atoms with Crippen molar-refractivity contribution >= 4 is 27.4 Å². The number of hydrogen-bond donors (Lipinski definition) is 2. The molecule has 0 aliphatic carbocycles. The summed E-state index contributed by atoms with van der Waals surface area (Å²) in [7, 11) is -3.80. The molecular formula is C10H12N2O4S. The lowest BCUT2D eigenvalue weighted by molar-refractivity contribution is -0.124. The van der Waals surface area contributed by atoms with Crippen molar-refractivity contribution < 1.29 is 18.0 Å². The minimum absolute atomic E-state index is 0.0990. The van der Waals surface area contributed by atoms with Gasteiger partial charge in [0.2, 0.25) is 15.9 Å². The summed E-state index contributed by atoms with van der Waals surface area (Å²) in [6.45, 7) is 1.29. The number of hydrogen-bond acceptors (Lipinski definition) is 4. The van der Waals surface area contributed by atoms with Gasteiger partial charge in [0.1, 0.15) is 5.78 Å². The van der Waals surface area contributed by atoms with Crippen molar-refractivity contribution in [2.24, 2.45) is 5.14 Å². The fraction of sp³-hybridized carbons (Fsp3) is 0.200. The van der Waals surface area contributed by atoms with E-state index in [9.17, 15) is 18.0 Å². The van der Waals surface area contributed by atoms with Crippen LogP contribution in [-0.4, -0.2) is 20.1 Å². The average molecular weight is 256 g/mol. The van der Waals surface area contributed by atoms with Crippen LogP contribution in [0.1, 0.15) is 13.3 Å². The van der Waals surface area contributed by atoms with Gasteiger partial charge in [-0.15, -0.1) is 0 Å². The highest BCUT2D eigenvalue weighted by molar-refractivity contribution is 7.89. The summed E-state index contributed by atoms with van der Waals surface area (Å²) in [6, 6.07) is 5.50. The van der Waals surface area contributed by atoms with Crippen LogP contribution < -0.4 is 10.5 Å². The minimum Gasteiger partial charge on any atom is -0.326 e. The summed E-state index contributed by atoms with van der Waals surface area (Å²) in [5.41, 5.74) is 0.280. The van der Waals surface area contributed by atoms with Gasteiger partial charge in [-0.05, 0) is 25.1 Å². The van der Waals surface area contributed by atoms with E-state index in [1.807, 2.05) is 0 Å². The van der Waals surface area contributed by atoms with Crippen LogP contribution >= 0.6 is 0 Å². The van der Waals surface area contributed by atoms with Gasteiger partial charge >= 0.3 is 0 Å². The van der Waals surface area contributed by atoms with Gasteiger partial charge in [-0.1, -0.05) is 6.07 Å². The van der Waals surface area contributed by atoms with E-state index in [0.29, 0.717) is 0 Å². The Bertz CT molecular complexity index is 551. The second-order valence-corrected chi connectivity index (χ2v) is 5.06. The molecule has 3 N–H and O–H groups in total. The van der Waals surface area contributed by atoms with Crippen LogP contribution in [0.15, 0.2) is 29.2 Å². The van der Waals surface area contributed by atoms with Crippen LogP contribution in [-0.2, 0) is 19.6 Å². The number of Topliss-reactive ketones (excluding diaryl/α,β-unsaturated/α-hetero) is 1. The van der Waals surface area contributed by atoms with Crippen LogP contribution in [0.3, 0.4) is 0 Å². The van der Waals surface area contributed by atoms with E-state index in [1.165, 1.54) is 31.2 Å². The molecule has 0 saturated heterocycles. The Morgan fingerprint density at radius 3 is 2.53 bits per heavy atom. The fourth-order valence-corrected chi connectivity index (χ4v) is 1.74. The SMILES string of the molecule is CC(=O)CC(=O)Nc1cccc(S(N)(=O)=O)c1. The molecule has 0 aliphatic rings. The van der Waals surface area contributed by atoms with Gasteiger partial charge in [0.25, 0.3) is 0 Å². The molecule has 0 aliphatic heterocycles. The Labute approximate surface area is 98.9 Å². The molecule has 6 nitrogen and oxygen atoms in total. The van der Waals surface area contributed by atoms with E-state index >= 15 is 0 Å². The van der Waals surface area contributed by atoms with E-state index in [2.05, 4.69) is 5.32 Å². The molecule has 0 bridgehead atoms. The van der Waals surface area contributed by atoms with Crippen molar-refractivity contribution in [1.29, 1.82) is 0 Å². The highest BCUT2D eigenvalue weighted by Gasteiger charge is 2.10. The van der Waals surface area contributed by atoms with Crippen molar-refractivity contribution in [2.45, 2.75) is 18.2 Å². The van der Waals surface area contributed by atoms with E-state index in [-0.39, 0.29) is 22.8 Å². The lowest BCUT2D eigenvalue weighted by atomic mass is 10.2. The molecule has 1 aromatic carbocycles. The minimum atomic E-state index is -3.80. The predicted molar refractivity (Wildman–Crippen MR) is 61.7 cm³/mol. The van der Waals surface area contributed by atoms with Crippen molar-refractivity contribution in [3.63, 3.8) is 0 Å². The zero-order valence-corrected chi connectivity index (χ0v) is 9.95. The topological polar surface area (TPSA) is 106 Å². The Morgan fingerprint density at radius 1 is 1.35 bits per heavy atom. The molecule has 1 aromatic rings. The number of primary sulfonamides is 1. The van der Waals surface area contributed by atoms with Crippen molar-refractivity contribution in [2.75, 3.05) is 5.32 Å². The number of nitrogens with one attached hydrogen (secondary N) is 1. The first-order valence-corrected chi connectivity index (χ1v) is 6.26. The molecule has 0 saturated carbocycles. The number of carbonyl (C=O) groups is 2. The summed E-state index contributed by atoms with van der Waals surface area (Å²) in [4.78, 5) is 21.9. The summed E-state index contributed by atoms with van der Waals surface area (Å²) in [5.74, 6) is -0.769. The smallest absolute Gasteiger partial charge is 0.238 e. The monoisotopic (exact) mass is 256 g/mol. The van der Waals surface area contributed by atoms with Gasteiger partial charge in [0.15, 0.2) is 0 Å². The Morgan fingerprint density at radius 2 is 2.00 bits per heavy atom. The largest absolute Gasteiger partial charge is 0.326 e. The first kappa shape index (κ1) is 13.3.